The van der Waals surface area contributed by atoms with Gasteiger partial charge in [0.25, 0.3) is 0 Å². The molecular formula is C12H23N3O4. The highest BCUT2D eigenvalue weighted by Crippen LogP contribution is 2.04. The van der Waals surface area contributed by atoms with E-state index in [0.717, 1.165) is 6.42 Å². The molecule has 0 spiro atoms. The van der Waals surface area contributed by atoms with E-state index in [1.165, 1.54) is 0 Å². The molecule has 0 radical (unpaired) electrons. The molecule has 2 unspecified atom stereocenters. The second-order valence-electron chi connectivity index (χ2n) is 4.29. The van der Waals surface area contributed by atoms with Crippen molar-refractivity contribution in [3.8, 4) is 0 Å². The van der Waals surface area contributed by atoms with Gasteiger partial charge in [-0.2, -0.15) is 0 Å². The van der Waals surface area contributed by atoms with E-state index >= 15 is 0 Å². The molecule has 0 aliphatic heterocycles. The second-order valence-corrected chi connectivity index (χ2v) is 4.29. The minimum absolute atomic E-state index is 0.0527. The molecule has 0 saturated carbocycles. The predicted molar refractivity (Wildman–Crippen MR) is 70.7 cm³/mol. The van der Waals surface area contributed by atoms with Crippen molar-refractivity contribution in [2.24, 2.45) is 5.92 Å². The largest absolute Gasteiger partial charge is 0.481 e. The molecule has 0 aromatic rings. The van der Waals surface area contributed by atoms with Crippen LogP contribution in [-0.2, 0) is 9.59 Å². The molecule has 0 saturated heterocycles. The lowest BCUT2D eigenvalue weighted by atomic mass is 10.0. The van der Waals surface area contributed by atoms with Crippen molar-refractivity contribution in [3.63, 3.8) is 0 Å². The van der Waals surface area contributed by atoms with Gasteiger partial charge in [0, 0.05) is 13.1 Å². The summed E-state index contributed by atoms with van der Waals surface area (Å²) in [7, 11) is 0. The Balaban J connectivity index is 4.10. The molecule has 3 amide bonds. The van der Waals surface area contributed by atoms with Crippen LogP contribution in [0.15, 0.2) is 0 Å². The Morgan fingerprint density at radius 3 is 2.26 bits per heavy atom. The fourth-order valence-corrected chi connectivity index (χ4v) is 1.52. The van der Waals surface area contributed by atoms with Gasteiger partial charge in [0.2, 0.25) is 5.91 Å². The minimum Gasteiger partial charge on any atom is -0.481 e. The average molecular weight is 273 g/mol. The molecule has 0 fully saturated rings. The fourth-order valence-electron chi connectivity index (χ4n) is 1.52. The van der Waals surface area contributed by atoms with Crippen molar-refractivity contribution in [2.45, 2.75) is 39.7 Å². The lowest BCUT2D eigenvalue weighted by Gasteiger charge is -2.16. The number of carboxylic acid groups (broad SMARTS) is 1. The molecule has 4 N–H and O–H groups in total. The molecule has 19 heavy (non-hydrogen) atoms. The minimum atomic E-state index is -0.932. The molecule has 0 heterocycles. The number of hydrogen-bond acceptors (Lipinski definition) is 3. The molecule has 0 rings (SSSR count). The Labute approximate surface area is 113 Å². The number of urea groups is 1. The number of likely N-dealkylation sites (N-methyl/N-ethyl adjacent to an activating group) is 1. The topological polar surface area (TPSA) is 108 Å². The van der Waals surface area contributed by atoms with Gasteiger partial charge in [0.05, 0.1) is 5.92 Å². The van der Waals surface area contributed by atoms with Crippen LogP contribution in [0.5, 0.6) is 0 Å². The zero-order valence-electron chi connectivity index (χ0n) is 11.7. The van der Waals surface area contributed by atoms with Gasteiger partial charge in [0.1, 0.15) is 6.04 Å². The zero-order chi connectivity index (χ0) is 14.8. The van der Waals surface area contributed by atoms with Crippen molar-refractivity contribution in [2.75, 3.05) is 13.1 Å². The Morgan fingerprint density at radius 2 is 1.79 bits per heavy atom. The number of carboxylic acids is 1. The van der Waals surface area contributed by atoms with E-state index in [0.29, 0.717) is 13.0 Å². The molecule has 110 valence electrons. The number of amides is 3. The summed E-state index contributed by atoms with van der Waals surface area (Å²) in [6, 6.07) is -1.20. The van der Waals surface area contributed by atoms with E-state index in [1.807, 2.05) is 6.92 Å². The van der Waals surface area contributed by atoms with E-state index in [9.17, 15) is 14.4 Å². The Morgan fingerprint density at radius 1 is 1.16 bits per heavy atom. The average Bonchev–Trinajstić information content (AvgIpc) is 2.34. The van der Waals surface area contributed by atoms with E-state index in [1.54, 1.807) is 13.8 Å². The van der Waals surface area contributed by atoms with Crippen molar-refractivity contribution < 1.29 is 19.5 Å². The summed E-state index contributed by atoms with van der Waals surface area (Å²) in [5.74, 6) is -1.81. The third-order valence-corrected chi connectivity index (χ3v) is 2.59. The number of aliphatic carboxylic acids is 1. The summed E-state index contributed by atoms with van der Waals surface area (Å²) < 4.78 is 0. The van der Waals surface area contributed by atoms with Crippen LogP contribution in [-0.4, -0.2) is 42.1 Å². The number of carbonyl (C=O) groups excluding carboxylic acids is 2. The molecule has 0 aliphatic carbocycles. The summed E-state index contributed by atoms with van der Waals surface area (Å²) >= 11 is 0. The molecule has 0 aliphatic rings. The number of carbonyl (C=O) groups is 3. The third kappa shape index (κ3) is 7.28. The molecule has 2 atom stereocenters. The van der Waals surface area contributed by atoms with Crippen molar-refractivity contribution in [1.82, 2.24) is 16.0 Å². The highest BCUT2D eigenvalue weighted by Gasteiger charge is 2.19. The van der Waals surface area contributed by atoms with Gasteiger partial charge in [-0.05, 0) is 20.3 Å². The summed E-state index contributed by atoms with van der Waals surface area (Å²) in [4.78, 5) is 33.8. The van der Waals surface area contributed by atoms with Crippen molar-refractivity contribution in [3.05, 3.63) is 0 Å². The van der Waals surface area contributed by atoms with E-state index < -0.39 is 24.0 Å². The van der Waals surface area contributed by atoms with Crippen LogP contribution in [0.2, 0.25) is 0 Å². The number of nitrogens with one attached hydrogen (secondary N) is 3. The first-order valence-electron chi connectivity index (χ1n) is 6.47. The monoisotopic (exact) mass is 273 g/mol. The first-order chi connectivity index (χ1) is 8.92. The van der Waals surface area contributed by atoms with Gasteiger partial charge in [-0.3, -0.25) is 9.59 Å². The maximum absolute atomic E-state index is 11.5. The zero-order valence-corrected chi connectivity index (χ0v) is 11.7. The molecule has 0 aromatic heterocycles. The normalized spacial score (nSPS) is 13.2. The van der Waals surface area contributed by atoms with Gasteiger partial charge in [0.15, 0.2) is 0 Å². The highest BCUT2D eigenvalue weighted by atomic mass is 16.4. The van der Waals surface area contributed by atoms with Gasteiger partial charge < -0.3 is 21.1 Å². The standard InChI is InChI=1S/C12H23N3O4/c1-4-6-9(11(17)18)7-14-12(19)15-8(3)10(16)13-5-2/h8-9H,4-7H2,1-3H3,(H,13,16)(H,17,18)(H2,14,15,19). The predicted octanol–water partition coefficient (Wildman–Crippen LogP) is 0.311. The molecule has 7 heteroatoms. The molecule has 7 nitrogen and oxygen atoms in total. The molecular weight excluding hydrogens is 250 g/mol. The Kier molecular flexibility index (Phi) is 8.32. The lowest BCUT2D eigenvalue weighted by Crippen LogP contribution is -2.49. The first kappa shape index (κ1) is 17.2. The van der Waals surface area contributed by atoms with Crippen molar-refractivity contribution >= 4 is 17.9 Å². The summed E-state index contributed by atoms with van der Waals surface area (Å²) in [5, 5.41) is 16.4. The lowest BCUT2D eigenvalue weighted by molar-refractivity contribution is -0.141. The van der Waals surface area contributed by atoms with E-state index in [2.05, 4.69) is 16.0 Å². The van der Waals surface area contributed by atoms with Gasteiger partial charge in [-0.25, -0.2) is 4.79 Å². The van der Waals surface area contributed by atoms with Gasteiger partial charge in [-0.1, -0.05) is 13.3 Å². The highest BCUT2D eigenvalue weighted by molar-refractivity contribution is 5.86. The van der Waals surface area contributed by atoms with E-state index in [-0.39, 0.29) is 12.5 Å². The fraction of sp³-hybridized carbons (Fsp3) is 0.750. The third-order valence-electron chi connectivity index (χ3n) is 2.59. The summed E-state index contributed by atoms with van der Waals surface area (Å²) in [6.45, 7) is 5.77. The summed E-state index contributed by atoms with van der Waals surface area (Å²) in [5.41, 5.74) is 0. The Bertz CT molecular complexity index is 320. The summed E-state index contributed by atoms with van der Waals surface area (Å²) in [6.07, 6.45) is 1.23. The molecule has 0 aromatic carbocycles. The van der Waals surface area contributed by atoms with Crippen LogP contribution >= 0.6 is 0 Å². The second kappa shape index (κ2) is 9.18. The van der Waals surface area contributed by atoms with Crippen LogP contribution in [0, 0.1) is 5.92 Å². The van der Waals surface area contributed by atoms with Gasteiger partial charge >= 0.3 is 12.0 Å². The quantitative estimate of drug-likeness (QED) is 0.510. The van der Waals surface area contributed by atoms with Gasteiger partial charge in [-0.15, -0.1) is 0 Å². The van der Waals surface area contributed by atoms with Crippen LogP contribution in [0.4, 0.5) is 4.79 Å². The maximum Gasteiger partial charge on any atom is 0.315 e. The Hall–Kier alpha value is -1.79. The smallest absolute Gasteiger partial charge is 0.315 e. The van der Waals surface area contributed by atoms with Crippen LogP contribution in [0.25, 0.3) is 0 Å². The number of rotatable bonds is 8. The van der Waals surface area contributed by atoms with Crippen LogP contribution in [0.1, 0.15) is 33.6 Å². The SMILES string of the molecule is CCCC(CNC(=O)NC(C)C(=O)NCC)C(=O)O. The number of hydrogen-bond donors (Lipinski definition) is 4. The van der Waals surface area contributed by atoms with Crippen LogP contribution < -0.4 is 16.0 Å². The first-order valence-corrected chi connectivity index (χ1v) is 6.47. The van der Waals surface area contributed by atoms with E-state index in [4.69, 9.17) is 5.11 Å². The van der Waals surface area contributed by atoms with Crippen LogP contribution in [0.3, 0.4) is 0 Å². The molecule has 0 bridgehead atoms. The maximum atomic E-state index is 11.5. The van der Waals surface area contributed by atoms with Crippen molar-refractivity contribution in [1.29, 1.82) is 0 Å².